The van der Waals surface area contributed by atoms with Crippen LogP contribution in [0.4, 0.5) is 5.95 Å². The normalized spacial score (nSPS) is 37.2. The Hall–Kier alpha value is -1.87. The lowest BCUT2D eigenvalue weighted by Crippen LogP contribution is -2.57. The van der Waals surface area contributed by atoms with Crippen LogP contribution in [0.1, 0.15) is 13.2 Å². The number of H-pyrrole nitrogens is 1. The molecule has 2 aromatic heterocycles. The summed E-state index contributed by atoms with van der Waals surface area (Å²) in [5.74, 6) is -0.266. The average Bonchev–Trinajstić information content (AvgIpc) is 3.35. The van der Waals surface area contributed by atoms with Crippen LogP contribution in [-0.2, 0) is 32.0 Å². The number of ether oxygens (including phenoxy) is 2. The maximum absolute atomic E-state index is 12.3. The number of aromatic nitrogens is 4. The largest absolute Gasteiger partial charge is 0.483 e. The Balaban J connectivity index is 1.39. The second-order valence-electron chi connectivity index (χ2n) is 8.42. The van der Waals surface area contributed by atoms with Crippen molar-refractivity contribution in [1.29, 1.82) is 0 Å². The molecule has 4 heterocycles. The van der Waals surface area contributed by atoms with Gasteiger partial charge in [-0.05, 0) is 6.92 Å². The van der Waals surface area contributed by atoms with Crippen LogP contribution in [0.15, 0.2) is 11.1 Å². The molecule has 0 aliphatic carbocycles. The summed E-state index contributed by atoms with van der Waals surface area (Å²) >= 11 is 0. The molecule has 2 aromatic rings. The number of nitrogens with two attached hydrogens (primary N) is 1. The minimum Gasteiger partial charge on any atom is -0.388 e. The van der Waals surface area contributed by atoms with E-state index in [4.69, 9.17) is 15.2 Å². The fraction of sp³-hybridized carbons (Fsp3) is 0.688. The van der Waals surface area contributed by atoms with Gasteiger partial charge in [0.1, 0.15) is 36.6 Å². The molecule has 0 saturated carbocycles. The molecule has 11 atom stereocenters. The van der Waals surface area contributed by atoms with Crippen molar-refractivity contribution >= 4 is 32.8 Å². The first-order valence-corrected chi connectivity index (χ1v) is 13.7. The predicted octanol–water partition coefficient (Wildman–Crippen LogP) is -3.60. The molecule has 2 unspecified atom stereocenters. The SMILES string of the molecule is C[C@@H]1O[C@H](OP(=O)(O)OP(=O)(O)OC[C@@H]2O[C@H](n3cnc4c(=O)[nH]c(N)nc43)[C@H](O)[C@@H]2O)[C@H](O)[C@@H](O)[C@@H]1O. The summed E-state index contributed by atoms with van der Waals surface area (Å²) in [7, 11) is -10.9. The van der Waals surface area contributed by atoms with E-state index in [1.807, 2.05) is 0 Å². The molecule has 10 N–H and O–H groups in total. The molecule has 2 fully saturated rings. The highest BCUT2D eigenvalue weighted by atomic mass is 31.3. The van der Waals surface area contributed by atoms with Crippen LogP contribution in [0, 0.1) is 0 Å². The van der Waals surface area contributed by atoms with Gasteiger partial charge in [-0.15, -0.1) is 0 Å². The lowest BCUT2D eigenvalue weighted by Gasteiger charge is -2.38. The summed E-state index contributed by atoms with van der Waals surface area (Å²) in [5, 5.41) is 50.0. The second-order valence-corrected chi connectivity index (χ2v) is 11.4. The van der Waals surface area contributed by atoms with Crippen molar-refractivity contribution in [3.8, 4) is 0 Å². The zero-order valence-corrected chi connectivity index (χ0v) is 21.0. The first-order valence-electron chi connectivity index (χ1n) is 10.7. The lowest BCUT2D eigenvalue weighted by molar-refractivity contribution is -0.271. The van der Waals surface area contributed by atoms with Crippen molar-refractivity contribution in [3.63, 3.8) is 0 Å². The van der Waals surface area contributed by atoms with Crippen molar-refractivity contribution in [2.45, 2.75) is 62.2 Å². The maximum atomic E-state index is 12.3. The van der Waals surface area contributed by atoms with Gasteiger partial charge in [0, 0.05) is 0 Å². The fourth-order valence-electron chi connectivity index (χ4n) is 3.80. The van der Waals surface area contributed by atoms with Crippen LogP contribution in [0.25, 0.3) is 11.2 Å². The van der Waals surface area contributed by atoms with Crippen LogP contribution >= 0.6 is 15.6 Å². The predicted molar refractivity (Wildman–Crippen MR) is 119 cm³/mol. The van der Waals surface area contributed by atoms with Crippen LogP contribution in [0.5, 0.6) is 0 Å². The van der Waals surface area contributed by atoms with Gasteiger partial charge in [0.2, 0.25) is 5.95 Å². The number of aliphatic hydroxyl groups is 5. The molecular formula is C16H25N5O15P2. The molecule has 38 heavy (non-hydrogen) atoms. The van der Waals surface area contributed by atoms with E-state index >= 15 is 0 Å². The quantitative estimate of drug-likeness (QED) is 0.134. The van der Waals surface area contributed by atoms with Crippen LogP contribution < -0.4 is 11.3 Å². The summed E-state index contributed by atoms with van der Waals surface area (Å²) in [6.45, 7) is 0.291. The maximum Gasteiger partial charge on any atom is 0.483 e. The van der Waals surface area contributed by atoms with E-state index in [0.717, 1.165) is 10.9 Å². The first kappa shape index (κ1) is 29.1. The molecule has 2 aliphatic heterocycles. The lowest BCUT2D eigenvalue weighted by atomic mass is 10.0. The zero-order chi connectivity index (χ0) is 28.2. The number of imidazole rings is 1. The Kier molecular flexibility index (Phi) is 8.12. The number of hydrogen-bond acceptors (Lipinski definition) is 16. The third-order valence-corrected chi connectivity index (χ3v) is 8.32. The van der Waals surface area contributed by atoms with Crippen molar-refractivity contribution in [1.82, 2.24) is 19.5 Å². The molecule has 0 spiro atoms. The monoisotopic (exact) mass is 589 g/mol. The van der Waals surface area contributed by atoms with Crippen LogP contribution in [-0.4, -0.2) is 110 Å². The van der Waals surface area contributed by atoms with Crippen LogP contribution in [0.3, 0.4) is 0 Å². The van der Waals surface area contributed by atoms with Crippen molar-refractivity contribution in [3.05, 3.63) is 16.7 Å². The van der Waals surface area contributed by atoms with E-state index in [9.17, 15) is 49.2 Å². The smallest absolute Gasteiger partial charge is 0.388 e. The highest BCUT2D eigenvalue weighted by Gasteiger charge is 2.49. The molecule has 4 rings (SSSR count). The Morgan fingerprint density at radius 2 is 1.74 bits per heavy atom. The summed E-state index contributed by atoms with van der Waals surface area (Å²) in [6, 6.07) is 0. The molecule has 0 amide bonds. The molecule has 2 saturated heterocycles. The highest BCUT2D eigenvalue weighted by Crippen LogP contribution is 2.61. The minimum atomic E-state index is -5.50. The molecular weight excluding hydrogens is 564 g/mol. The molecule has 2 aliphatic rings. The number of aliphatic hydroxyl groups excluding tert-OH is 5. The fourth-order valence-corrected chi connectivity index (χ4v) is 5.96. The zero-order valence-electron chi connectivity index (χ0n) is 19.2. The number of phosphoric acid groups is 2. The van der Waals surface area contributed by atoms with Gasteiger partial charge in [-0.2, -0.15) is 9.29 Å². The summed E-state index contributed by atoms with van der Waals surface area (Å²) in [6.07, 6.45) is -13.8. The van der Waals surface area contributed by atoms with E-state index in [1.165, 1.54) is 6.92 Å². The van der Waals surface area contributed by atoms with Crippen LogP contribution in [0.2, 0.25) is 0 Å². The topological polar surface area (TPSA) is 311 Å². The van der Waals surface area contributed by atoms with E-state index in [1.54, 1.807) is 0 Å². The number of nitrogen functional groups attached to an aromatic ring is 1. The summed E-state index contributed by atoms with van der Waals surface area (Å²) < 4.78 is 49.3. The molecule has 214 valence electrons. The Morgan fingerprint density at radius 3 is 2.42 bits per heavy atom. The number of nitrogens with one attached hydrogen (secondary N) is 1. The molecule has 0 bridgehead atoms. The Bertz CT molecular complexity index is 1320. The van der Waals surface area contributed by atoms with E-state index in [0.29, 0.717) is 0 Å². The van der Waals surface area contributed by atoms with E-state index < -0.39 is 83.1 Å². The number of phosphoric ester groups is 2. The first-order chi connectivity index (χ1) is 17.6. The molecule has 22 heteroatoms. The third kappa shape index (κ3) is 5.83. The number of anilines is 1. The second kappa shape index (κ2) is 10.6. The number of aromatic amines is 1. The van der Waals surface area contributed by atoms with Gasteiger partial charge in [-0.25, -0.2) is 14.1 Å². The Morgan fingerprint density at radius 1 is 1.05 bits per heavy atom. The molecule has 0 aromatic carbocycles. The van der Waals surface area contributed by atoms with E-state index in [-0.39, 0.29) is 17.1 Å². The summed E-state index contributed by atoms with van der Waals surface area (Å²) in [4.78, 5) is 41.7. The highest BCUT2D eigenvalue weighted by molar-refractivity contribution is 7.61. The van der Waals surface area contributed by atoms with Crippen molar-refractivity contribution in [2.24, 2.45) is 0 Å². The number of nitrogens with zero attached hydrogens (tertiary/aromatic N) is 3. The van der Waals surface area contributed by atoms with Gasteiger partial charge >= 0.3 is 15.6 Å². The number of fused-ring (bicyclic) bond motifs is 1. The Labute approximate surface area is 211 Å². The van der Waals surface area contributed by atoms with Crippen molar-refractivity contribution < 1.29 is 67.3 Å². The van der Waals surface area contributed by atoms with Gasteiger partial charge < -0.3 is 50.5 Å². The van der Waals surface area contributed by atoms with Gasteiger partial charge in [0.25, 0.3) is 5.56 Å². The minimum absolute atomic E-state index is 0.0994. The van der Waals surface area contributed by atoms with Gasteiger partial charge in [0.05, 0.1) is 19.0 Å². The average molecular weight is 589 g/mol. The standard InChI is InChI=1S/C16H25N5O15P2/c1-4-7(22)9(24)11(26)15(33-4)35-38(30,31)36-37(28,29)32-2-5-8(23)10(25)14(34-5)21-3-18-6-12(21)19-16(17)20-13(6)27/h3-5,7-11,14-15,22-26H,2H2,1H3,(H,28,29)(H,30,31)(H3,17,19,20,27)/t4-,5-,7+,8+,9-,10+,11+,14-,15+/m0/s1. The summed E-state index contributed by atoms with van der Waals surface area (Å²) in [5.41, 5.74) is 4.59. The molecule has 20 nitrogen and oxygen atoms in total. The van der Waals surface area contributed by atoms with Crippen molar-refractivity contribution in [2.75, 3.05) is 12.3 Å². The number of hydrogen-bond donors (Lipinski definition) is 9. The van der Waals surface area contributed by atoms with E-state index in [2.05, 4.69) is 28.3 Å². The number of rotatable bonds is 8. The third-order valence-electron chi connectivity index (χ3n) is 5.72. The van der Waals surface area contributed by atoms with Gasteiger partial charge in [-0.1, -0.05) is 0 Å². The van der Waals surface area contributed by atoms with Gasteiger partial charge in [0.15, 0.2) is 23.7 Å². The molecule has 0 radical (unpaired) electrons. The van der Waals surface area contributed by atoms with Gasteiger partial charge in [-0.3, -0.25) is 23.4 Å².